The Morgan fingerprint density at radius 2 is 1.02 bits per heavy atom. The third kappa shape index (κ3) is 12.4. The summed E-state index contributed by atoms with van der Waals surface area (Å²) in [7, 11) is 0. The van der Waals surface area contributed by atoms with E-state index in [1.54, 1.807) is 29.2 Å². The first kappa shape index (κ1) is 42.5. The average Bonchev–Trinajstić information content (AvgIpc) is 3.93. The molecule has 2 saturated heterocycles. The van der Waals surface area contributed by atoms with E-state index in [0.29, 0.717) is 80.7 Å². The molecular formula is C40H55Cl2FN6O6. The van der Waals surface area contributed by atoms with Gasteiger partial charge in [-0.2, -0.15) is 0 Å². The van der Waals surface area contributed by atoms with E-state index in [-0.39, 0.29) is 42.3 Å². The summed E-state index contributed by atoms with van der Waals surface area (Å²) in [6, 6.07) is 11.9. The summed E-state index contributed by atoms with van der Waals surface area (Å²) in [5.74, 6) is -0.992. The fourth-order valence-electron chi connectivity index (χ4n) is 8.60. The normalized spacial score (nSPS) is 19.1. The molecule has 0 bridgehead atoms. The standard InChI is InChI=1S/C20H27Cl2N3O3.C20H28FN3O3/c21-17-6-5-16(13-18(17)22)24-7-9-25(10-8-24)20(27)15(12-19(26)23-28)11-14-3-1-2-4-14;21-17-5-7-18(8-6-17)23-9-11-24(12-10-23)20(26)16(14-19(25)22-27)13-15-3-1-2-4-15/h5-6,13-15,28H,1-4,7-12H2,(H,23,26);5-8,15-16,27H,1-4,9-14H2,(H,22,25)/t15-;16-/m11/s1. The Morgan fingerprint density at radius 3 is 1.42 bits per heavy atom. The molecule has 12 nitrogen and oxygen atoms in total. The van der Waals surface area contributed by atoms with Crippen LogP contribution in [-0.2, 0) is 19.2 Å². The number of anilines is 2. The molecule has 0 aromatic heterocycles. The zero-order chi connectivity index (χ0) is 39.3. The van der Waals surface area contributed by atoms with Gasteiger partial charge in [-0.1, -0.05) is 74.6 Å². The molecule has 4 N–H and O–H groups in total. The second kappa shape index (κ2) is 21.0. The second-order valence-corrected chi connectivity index (χ2v) is 16.2. The Bertz CT molecular complexity index is 1580. The van der Waals surface area contributed by atoms with Crippen LogP contribution in [0.3, 0.4) is 0 Å². The maximum Gasteiger partial charge on any atom is 0.244 e. The minimum Gasteiger partial charge on any atom is -0.368 e. The molecule has 0 unspecified atom stereocenters. The van der Waals surface area contributed by atoms with Gasteiger partial charge in [-0.3, -0.25) is 29.6 Å². The Hall–Kier alpha value is -3.65. The molecule has 0 spiro atoms. The smallest absolute Gasteiger partial charge is 0.244 e. The fourth-order valence-corrected chi connectivity index (χ4v) is 8.89. The van der Waals surface area contributed by atoms with Crippen LogP contribution in [-0.4, -0.2) is 96.2 Å². The van der Waals surface area contributed by atoms with Crippen molar-refractivity contribution in [2.45, 2.75) is 77.0 Å². The molecule has 2 heterocycles. The monoisotopic (exact) mass is 804 g/mol. The van der Waals surface area contributed by atoms with Gasteiger partial charge >= 0.3 is 0 Å². The minimum atomic E-state index is -0.503. The number of nitrogens with zero attached hydrogens (tertiary/aromatic N) is 4. The van der Waals surface area contributed by atoms with Crippen molar-refractivity contribution in [1.82, 2.24) is 20.8 Å². The van der Waals surface area contributed by atoms with Gasteiger partial charge in [0.1, 0.15) is 5.82 Å². The number of nitrogens with one attached hydrogen (secondary N) is 2. The topological polar surface area (TPSA) is 146 Å². The van der Waals surface area contributed by atoms with E-state index in [2.05, 4.69) is 9.80 Å². The number of benzene rings is 2. The predicted molar refractivity (Wildman–Crippen MR) is 210 cm³/mol. The second-order valence-electron chi connectivity index (χ2n) is 15.3. The number of rotatable bonds is 12. The molecule has 0 radical (unpaired) electrons. The van der Waals surface area contributed by atoms with Gasteiger partial charge in [0.15, 0.2) is 0 Å². The van der Waals surface area contributed by atoms with E-state index in [4.69, 9.17) is 33.6 Å². The van der Waals surface area contributed by atoms with Crippen molar-refractivity contribution in [3.05, 3.63) is 58.3 Å². The summed E-state index contributed by atoms with van der Waals surface area (Å²) in [5.41, 5.74) is 5.28. The minimum absolute atomic E-state index is 0.00394. The number of carbonyl (C=O) groups excluding carboxylic acids is 4. The number of carbonyl (C=O) groups is 4. The maximum absolute atomic E-state index is 13.1. The van der Waals surface area contributed by atoms with Crippen molar-refractivity contribution < 1.29 is 34.0 Å². The molecule has 4 amide bonds. The molecule has 2 saturated carbocycles. The van der Waals surface area contributed by atoms with E-state index in [9.17, 15) is 23.6 Å². The molecule has 302 valence electrons. The molecule has 2 aliphatic heterocycles. The fraction of sp³-hybridized carbons (Fsp3) is 0.600. The van der Waals surface area contributed by atoms with Gasteiger partial charge in [-0.05, 0) is 67.1 Å². The quantitative estimate of drug-likeness (QED) is 0.145. The molecule has 4 fully saturated rings. The summed E-state index contributed by atoms with van der Waals surface area (Å²) in [4.78, 5) is 57.5. The van der Waals surface area contributed by atoms with E-state index in [1.165, 1.54) is 37.8 Å². The highest BCUT2D eigenvalue weighted by molar-refractivity contribution is 6.42. The van der Waals surface area contributed by atoms with Crippen LogP contribution in [0.15, 0.2) is 42.5 Å². The van der Waals surface area contributed by atoms with Gasteiger partial charge in [-0.15, -0.1) is 0 Å². The summed E-state index contributed by atoms with van der Waals surface area (Å²) in [5, 5.41) is 18.8. The maximum atomic E-state index is 13.1. The molecule has 55 heavy (non-hydrogen) atoms. The SMILES string of the molecule is O=C(C[C@@H](CC1CCCC1)C(=O)N1CCN(c2ccc(Cl)c(Cl)c2)CC1)NO.O=C(C[C@@H](CC1CCCC1)C(=O)N1CCN(c2ccc(F)cc2)CC1)NO. The summed E-state index contributed by atoms with van der Waals surface area (Å²) >= 11 is 12.1. The highest BCUT2D eigenvalue weighted by Gasteiger charge is 2.33. The lowest BCUT2D eigenvalue weighted by molar-refractivity contribution is -0.141. The van der Waals surface area contributed by atoms with Gasteiger partial charge in [0.05, 0.1) is 10.0 Å². The lowest BCUT2D eigenvalue weighted by atomic mass is 9.89. The number of hydroxylamine groups is 2. The van der Waals surface area contributed by atoms with Crippen molar-refractivity contribution in [2.24, 2.45) is 23.7 Å². The molecule has 2 aromatic rings. The Labute approximate surface area is 333 Å². The molecule has 6 rings (SSSR count). The zero-order valence-corrected chi connectivity index (χ0v) is 33.0. The van der Waals surface area contributed by atoms with Gasteiger partial charge in [0.2, 0.25) is 23.6 Å². The van der Waals surface area contributed by atoms with Gasteiger partial charge < -0.3 is 19.6 Å². The molecule has 4 aliphatic rings. The van der Waals surface area contributed by atoms with Crippen molar-refractivity contribution in [1.29, 1.82) is 0 Å². The van der Waals surface area contributed by atoms with Crippen molar-refractivity contribution in [3.8, 4) is 0 Å². The third-order valence-electron chi connectivity index (χ3n) is 11.6. The number of hydrogen-bond acceptors (Lipinski definition) is 8. The molecular weight excluding hydrogens is 750 g/mol. The molecule has 2 aromatic carbocycles. The highest BCUT2D eigenvalue weighted by atomic mass is 35.5. The van der Waals surface area contributed by atoms with Crippen LogP contribution in [0.25, 0.3) is 0 Å². The lowest BCUT2D eigenvalue weighted by Crippen LogP contribution is -2.51. The van der Waals surface area contributed by atoms with E-state index in [1.807, 2.05) is 21.9 Å². The summed E-state index contributed by atoms with van der Waals surface area (Å²) in [6.45, 7) is 5.12. The Morgan fingerprint density at radius 1 is 0.618 bits per heavy atom. The van der Waals surface area contributed by atoms with E-state index < -0.39 is 11.8 Å². The number of piperazine rings is 2. The van der Waals surface area contributed by atoms with E-state index >= 15 is 0 Å². The van der Waals surface area contributed by atoms with Crippen LogP contribution in [0.2, 0.25) is 10.0 Å². The van der Waals surface area contributed by atoms with Crippen LogP contribution in [0.1, 0.15) is 77.0 Å². The van der Waals surface area contributed by atoms with Crippen molar-refractivity contribution in [2.75, 3.05) is 62.2 Å². The molecule has 15 heteroatoms. The largest absolute Gasteiger partial charge is 0.368 e. The Balaban J connectivity index is 0.000000211. The number of halogens is 3. The third-order valence-corrected chi connectivity index (χ3v) is 12.4. The number of amides is 4. The summed E-state index contributed by atoms with van der Waals surface area (Å²) in [6.07, 6.45) is 10.7. The first-order valence-corrected chi connectivity index (χ1v) is 20.4. The van der Waals surface area contributed by atoms with E-state index in [0.717, 1.165) is 43.5 Å². The van der Waals surface area contributed by atoms with Gasteiger partial charge in [0.25, 0.3) is 0 Å². The number of hydrogen-bond donors (Lipinski definition) is 4. The average molecular weight is 806 g/mol. The predicted octanol–water partition coefficient (Wildman–Crippen LogP) is 6.30. The van der Waals surface area contributed by atoms with Gasteiger partial charge in [0, 0.05) is 88.4 Å². The molecule has 2 aliphatic carbocycles. The lowest BCUT2D eigenvalue weighted by Gasteiger charge is -2.38. The van der Waals surface area contributed by atoms with Crippen LogP contribution >= 0.6 is 23.2 Å². The Kier molecular flexibility index (Phi) is 16.3. The van der Waals surface area contributed by atoms with Crippen LogP contribution in [0.4, 0.5) is 15.8 Å². The van der Waals surface area contributed by atoms with Crippen LogP contribution < -0.4 is 20.8 Å². The molecule has 2 atom stereocenters. The highest BCUT2D eigenvalue weighted by Crippen LogP contribution is 2.34. The van der Waals surface area contributed by atoms with Gasteiger partial charge in [-0.25, -0.2) is 15.4 Å². The van der Waals surface area contributed by atoms with Crippen molar-refractivity contribution in [3.63, 3.8) is 0 Å². The summed E-state index contributed by atoms with van der Waals surface area (Å²) < 4.78 is 13.1. The first-order chi connectivity index (χ1) is 26.5. The first-order valence-electron chi connectivity index (χ1n) is 19.7. The van der Waals surface area contributed by atoms with Crippen LogP contribution in [0.5, 0.6) is 0 Å². The van der Waals surface area contributed by atoms with Crippen LogP contribution in [0, 0.1) is 29.5 Å². The van der Waals surface area contributed by atoms with Crippen molar-refractivity contribution >= 4 is 58.2 Å². The zero-order valence-electron chi connectivity index (χ0n) is 31.4.